The van der Waals surface area contributed by atoms with Crippen LogP contribution in [0.1, 0.15) is 37.1 Å². The normalized spacial score (nSPS) is 23.9. The molecule has 2 atom stereocenters. The molecule has 0 saturated heterocycles. The number of hydrogen-bond donors (Lipinski definition) is 2. The van der Waals surface area contributed by atoms with Gasteiger partial charge in [0, 0.05) is 5.69 Å². The lowest BCUT2D eigenvalue weighted by molar-refractivity contribution is -0.123. The van der Waals surface area contributed by atoms with Gasteiger partial charge in [0.2, 0.25) is 5.91 Å². The molecule has 1 heterocycles. The minimum absolute atomic E-state index is 0.0767. The van der Waals surface area contributed by atoms with E-state index in [4.69, 9.17) is 0 Å². The van der Waals surface area contributed by atoms with Crippen molar-refractivity contribution in [2.75, 3.05) is 0 Å². The first-order valence-corrected chi connectivity index (χ1v) is 6.55. The summed E-state index contributed by atoms with van der Waals surface area (Å²) in [6.45, 7) is 4.07. The number of nitrogens with zero attached hydrogens (tertiary/aromatic N) is 2. The maximum absolute atomic E-state index is 11.9. The first-order valence-electron chi connectivity index (χ1n) is 6.55. The monoisotopic (exact) mass is 251 g/mol. The van der Waals surface area contributed by atoms with E-state index in [1.807, 2.05) is 19.9 Å². The highest BCUT2D eigenvalue weighted by molar-refractivity contribution is 5.76. The molecule has 2 N–H and O–H groups in total. The second-order valence-electron chi connectivity index (χ2n) is 5.11. The molecular weight excluding hydrogens is 230 g/mol. The van der Waals surface area contributed by atoms with Crippen LogP contribution in [0.15, 0.2) is 6.07 Å². The third-order valence-corrected chi connectivity index (χ3v) is 3.47. The van der Waals surface area contributed by atoms with Crippen molar-refractivity contribution in [1.29, 1.82) is 0 Å². The molecule has 5 nitrogen and oxygen atoms in total. The Kier molecular flexibility index (Phi) is 4.01. The summed E-state index contributed by atoms with van der Waals surface area (Å²) in [5, 5.41) is 17.0. The second kappa shape index (κ2) is 5.52. The number of hydrogen-bond acceptors (Lipinski definition) is 3. The third kappa shape index (κ3) is 3.10. The van der Waals surface area contributed by atoms with Gasteiger partial charge < -0.3 is 10.4 Å². The zero-order valence-corrected chi connectivity index (χ0v) is 11.0. The molecule has 1 aromatic rings. The van der Waals surface area contributed by atoms with Crippen LogP contribution in [0.2, 0.25) is 0 Å². The van der Waals surface area contributed by atoms with Gasteiger partial charge in [0.1, 0.15) is 6.54 Å². The highest BCUT2D eigenvalue weighted by atomic mass is 16.3. The molecule has 0 aromatic carbocycles. The fourth-order valence-electron chi connectivity index (χ4n) is 2.50. The molecule has 2 rings (SSSR count). The van der Waals surface area contributed by atoms with E-state index < -0.39 is 6.10 Å². The average Bonchev–Trinajstić information content (AvgIpc) is 2.61. The van der Waals surface area contributed by atoms with Gasteiger partial charge in [-0.1, -0.05) is 12.8 Å². The Bertz CT molecular complexity index is 428. The van der Waals surface area contributed by atoms with Gasteiger partial charge in [-0.15, -0.1) is 0 Å². The van der Waals surface area contributed by atoms with Crippen LogP contribution in [0.25, 0.3) is 0 Å². The minimum atomic E-state index is -0.400. The third-order valence-electron chi connectivity index (χ3n) is 3.47. The topological polar surface area (TPSA) is 67.2 Å². The maximum atomic E-state index is 11.9. The molecule has 0 radical (unpaired) electrons. The van der Waals surface area contributed by atoms with E-state index >= 15 is 0 Å². The van der Waals surface area contributed by atoms with E-state index in [0.29, 0.717) is 0 Å². The van der Waals surface area contributed by atoms with E-state index in [2.05, 4.69) is 10.4 Å². The zero-order chi connectivity index (χ0) is 13.1. The summed E-state index contributed by atoms with van der Waals surface area (Å²) in [4.78, 5) is 11.9. The molecule has 1 amide bonds. The van der Waals surface area contributed by atoms with Crippen LogP contribution >= 0.6 is 0 Å². The maximum Gasteiger partial charge on any atom is 0.242 e. The molecule has 1 aliphatic carbocycles. The summed E-state index contributed by atoms with van der Waals surface area (Å²) in [6.07, 6.45) is 3.37. The number of carbonyl (C=O) groups excluding carboxylic acids is 1. The lowest BCUT2D eigenvalue weighted by atomic mass is 9.92. The van der Waals surface area contributed by atoms with Crippen LogP contribution in [0.3, 0.4) is 0 Å². The van der Waals surface area contributed by atoms with Crippen molar-refractivity contribution in [2.45, 2.75) is 58.2 Å². The van der Waals surface area contributed by atoms with Gasteiger partial charge in [-0.25, -0.2) is 0 Å². The number of aliphatic hydroxyl groups excluding tert-OH is 1. The molecule has 1 fully saturated rings. The number of carbonyl (C=O) groups is 1. The molecule has 1 aliphatic rings. The number of aliphatic hydroxyl groups is 1. The SMILES string of the molecule is Cc1cc(C)n(CC(=O)N[C@H]2CCCC[C@@H]2O)n1. The Morgan fingerprint density at radius 1 is 1.50 bits per heavy atom. The van der Waals surface area contributed by atoms with Crippen molar-refractivity contribution in [1.82, 2.24) is 15.1 Å². The van der Waals surface area contributed by atoms with Crippen molar-refractivity contribution in [3.8, 4) is 0 Å². The number of rotatable bonds is 3. The van der Waals surface area contributed by atoms with Crippen molar-refractivity contribution in [3.05, 3.63) is 17.5 Å². The Morgan fingerprint density at radius 2 is 2.22 bits per heavy atom. The molecule has 0 spiro atoms. The summed E-state index contributed by atoms with van der Waals surface area (Å²) in [5.74, 6) is -0.0767. The second-order valence-corrected chi connectivity index (χ2v) is 5.11. The van der Waals surface area contributed by atoms with Gasteiger partial charge in [0.25, 0.3) is 0 Å². The fraction of sp³-hybridized carbons (Fsp3) is 0.692. The van der Waals surface area contributed by atoms with Crippen molar-refractivity contribution in [3.63, 3.8) is 0 Å². The van der Waals surface area contributed by atoms with E-state index in [0.717, 1.165) is 37.1 Å². The van der Waals surface area contributed by atoms with Gasteiger partial charge >= 0.3 is 0 Å². The summed E-state index contributed by atoms with van der Waals surface area (Å²) in [6, 6.07) is 1.85. The van der Waals surface area contributed by atoms with E-state index in [1.54, 1.807) is 4.68 Å². The molecule has 0 unspecified atom stereocenters. The van der Waals surface area contributed by atoms with Gasteiger partial charge in [-0.05, 0) is 32.8 Å². The fourth-order valence-corrected chi connectivity index (χ4v) is 2.50. The van der Waals surface area contributed by atoms with Crippen LogP contribution in [0.4, 0.5) is 0 Å². The van der Waals surface area contributed by atoms with Crippen molar-refractivity contribution < 1.29 is 9.90 Å². The Hall–Kier alpha value is -1.36. The number of aromatic nitrogens is 2. The zero-order valence-electron chi connectivity index (χ0n) is 11.0. The minimum Gasteiger partial charge on any atom is -0.391 e. The molecule has 100 valence electrons. The lowest BCUT2D eigenvalue weighted by Crippen LogP contribution is -2.46. The molecule has 18 heavy (non-hydrogen) atoms. The molecule has 0 bridgehead atoms. The Labute approximate surface area is 107 Å². The lowest BCUT2D eigenvalue weighted by Gasteiger charge is -2.28. The highest BCUT2D eigenvalue weighted by Crippen LogP contribution is 2.18. The van der Waals surface area contributed by atoms with Crippen molar-refractivity contribution >= 4 is 5.91 Å². The quantitative estimate of drug-likeness (QED) is 0.839. The molecular formula is C13H21N3O2. The van der Waals surface area contributed by atoms with Crippen LogP contribution < -0.4 is 5.32 Å². The Morgan fingerprint density at radius 3 is 2.83 bits per heavy atom. The van der Waals surface area contributed by atoms with Crippen LogP contribution in [0.5, 0.6) is 0 Å². The summed E-state index contributed by atoms with van der Waals surface area (Å²) in [5.41, 5.74) is 1.89. The van der Waals surface area contributed by atoms with E-state index in [1.165, 1.54) is 0 Å². The van der Waals surface area contributed by atoms with Crippen LogP contribution in [-0.4, -0.2) is 32.9 Å². The van der Waals surface area contributed by atoms with Crippen LogP contribution in [0, 0.1) is 13.8 Å². The number of aryl methyl sites for hydroxylation is 2. The van der Waals surface area contributed by atoms with Gasteiger partial charge in [0.05, 0.1) is 17.8 Å². The first kappa shape index (κ1) is 13.1. The molecule has 1 saturated carbocycles. The molecule has 1 aromatic heterocycles. The highest BCUT2D eigenvalue weighted by Gasteiger charge is 2.24. The van der Waals surface area contributed by atoms with Crippen LogP contribution in [-0.2, 0) is 11.3 Å². The van der Waals surface area contributed by atoms with Gasteiger partial charge in [-0.2, -0.15) is 5.10 Å². The predicted octanol–water partition coefficient (Wildman–Crippen LogP) is 0.920. The Balaban J connectivity index is 1.90. The first-order chi connectivity index (χ1) is 8.56. The number of amides is 1. The van der Waals surface area contributed by atoms with Gasteiger partial charge in [-0.3, -0.25) is 9.48 Å². The largest absolute Gasteiger partial charge is 0.391 e. The standard InChI is InChI=1S/C13H21N3O2/c1-9-7-10(2)16(15-9)8-13(18)14-11-5-3-4-6-12(11)17/h7,11-12,17H,3-6,8H2,1-2H3,(H,14,18)/t11-,12-/m0/s1. The van der Waals surface area contributed by atoms with E-state index in [-0.39, 0.29) is 18.5 Å². The van der Waals surface area contributed by atoms with Gasteiger partial charge in [0.15, 0.2) is 0 Å². The molecule has 0 aliphatic heterocycles. The number of nitrogens with one attached hydrogen (secondary N) is 1. The summed E-state index contributed by atoms with van der Waals surface area (Å²) in [7, 11) is 0. The van der Waals surface area contributed by atoms with E-state index in [9.17, 15) is 9.90 Å². The smallest absolute Gasteiger partial charge is 0.242 e. The molecule has 5 heteroatoms. The van der Waals surface area contributed by atoms with Crippen molar-refractivity contribution in [2.24, 2.45) is 0 Å². The summed E-state index contributed by atoms with van der Waals surface area (Å²) < 4.78 is 1.69. The summed E-state index contributed by atoms with van der Waals surface area (Å²) >= 11 is 0. The average molecular weight is 251 g/mol. The predicted molar refractivity (Wildman–Crippen MR) is 68.1 cm³/mol.